The Bertz CT molecular complexity index is 1080. The second-order valence-electron chi connectivity index (χ2n) is 5.70. The van der Waals surface area contributed by atoms with Crippen molar-refractivity contribution in [1.82, 2.24) is 4.98 Å². The molecule has 8 heteroatoms. The van der Waals surface area contributed by atoms with Crippen LogP contribution in [-0.2, 0) is 9.84 Å². The number of aryl methyl sites for hydroxylation is 1. The first kappa shape index (κ1) is 18.6. The summed E-state index contributed by atoms with van der Waals surface area (Å²) >= 11 is 7.32. The molecule has 26 heavy (non-hydrogen) atoms. The zero-order chi connectivity index (χ0) is 18.9. The number of sulfone groups is 1. The van der Waals surface area contributed by atoms with Gasteiger partial charge in [-0.25, -0.2) is 8.42 Å². The molecule has 134 valence electrons. The maximum atomic E-state index is 12.6. The van der Waals surface area contributed by atoms with E-state index in [2.05, 4.69) is 10.3 Å². The molecule has 0 saturated heterocycles. The number of halogens is 1. The van der Waals surface area contributed by atoms with Crippen LogP contribution >= 0.6 is 22.9 Å². The molecule has 5 nitrogen and oxygen atoms in total. The molecule has 2 heterocycles. The zero-order valence-electron chi connectivity index (χ0n) is 14.0. The van der Waals surface area contributed by atoms with Crippen molar-refractivity contribution < 1.29 is 13.2 Å². The van der Waals surface area contributed by atoms with Gasteiger partial charge in [-0.15, -0.1) is 11.3 Å². The fourth-order valence-corrected chi connectivity index (χ4v) is 4.32. The summed E-state index contributed by atoms with van der Waals surface area (Å²) in [5.74, 6) is -0.331. The van der Waals surface area contributed by atoms with Crippen molar-refractivity contribution in [3.63, 3.8) is 0 Å². The molecule has 0 aliphatic carbocycles. The van der Waals surface area contributed by atoms with Crippen LogP contribution in [0.25, 0.3) is 11.3 Å². The van der Waals surface area contributed by atoms with Gasteiger partial charge in [-0.2, -0.15) is 0 Å². The lowest BCUT2D eigenvalue weighted by Gasteiger charge is -2.07. The molecule has 0 fully saturated rings. The average molecular weight is 407 g/mol. The number of nitrogens with zero attached hydrogens (tertiary/aromatic N) is 1. The number of thiophene rings is 1. The molecule has 0 bridgehead atoms. The monoisotopic (exact) mass is 406 g/mol. The van der Waals surface area contributed by atoms with Gasteiger partial charge in [-0.3, -0.25) is 9.78 Å². The van der Waals surface area contributed by atoms with Gasteiger partial charge in [0, 0.05) is 33.6 Å². The van der Waals surface area contributed by atoms with Crippen LogP contribution in [-0.4, -0.2) is 25.6 Å². The number of nitrogens with one attached hydrogen (secondary N) is 1. The number of anilines is 1. The lowest BCUT2D eigenvalue weighted by Crippen LogP contribution is -2.11. The van der Waals surface area contributed by atoms with Crippen LogP contribution in [0.15, 0.2) is 53.6 Å². The fourth-order valence-electron chi connectivity index (χ4n) is 2.41. The molecule has 1 aromatic carbocycles. The molecule has 0 radical (unpaired) electrons. The van der Waals surface area contributed by atoms with Gasteiger partial charge >= 0.3 is 0 Å². The first-order chi connectivity index (χ1) is 12.2. The van der Waals surface area contributed by atoms with E-state index in [-0.39, 0.29) is 15.8 Å². The van der Waals surface area contributed by atoms with E-state index in [1.807, 2.05) is 25.1 Å². The number of hydrogen-bond donors (Lipinski definition) is 1. The smallest absolute Gasteiger partial charge is 0.265 e. The highest BCUT2D eigenvalue weighted by atomic mass is 35.5. The highest BCUT2D eigenvalue weighted by Crippen LogP contribution is 2.30. The third-order valence-electron chi connectivity index (χ3n) is 3.64. The number of rotatable bonds is 4. The van der Waals surface area contributed by atoms with Gasteiger partial charge in [0.1, 0.15) is 0 Å². The summed E-state index contributed by atoms with van der Waals surface area (Å²) < 4.78 is 23.4. The molecular formula is C18H15ClN2O3S2. The Kier molecular flexibility index (Phi) is 5.13. The minimum absolute atomic E-state index is 0.0526. The van der Waals surface area contributed by atoms with Crippen molar-refractivity contribution in [3.05, 3.63) is 63.4 Å². The minimum Gasteiger partial charge on any atom is -0.321 e. The van der Waals surface area contributed by atoms with Crippen LogP contribution in [0.5, 0.6) is 0 Å². The van der Waals surface area contributed by atoms with Gasteiger partial charge in [0.2, 0.25) is 0 Å². The van der Waals surface area contributed by atoms with E-state index < -0.39 is 9.84 Å². The molecule has 2 aromatic heterocycles. The molecule has 0 spiro atoms. The molecule has 3 aromatic rings. The minimum atomic E-state index is -3.43. The number of carbonyl (C=O) groups is 1. The van der Waals surface area contributed by atoms with Gasteiger partial charge in [-0.1, -0.05) is 17.7 Å². The summed E-state index contributed by atoms with van der Waals surface area (Å²) in [6.45, 7) is 1.92. The SMILES string of the molecule is Cc1sc(C(=O)Nc2cc(Cl)cc(S(C)(=O)=O)c2)cc1-c1ccccn1. The van der Waals surface area contributed by atoms with E-state index in [4.69, 9.17) is 11.6 Å². The van der Waals surface area contributed by atoms with Crippen molar-refractivity contribution in [2.24, 2.45) is 0 Å². The lowest BCUT2D eigenvalue weighted by molar-refractivity contribution is 0.103. The molecule has 3 rings (SSSR count). The zero-order valence-corrected chi connectivity index (χ0v) is 16.4. The van der Waals surface area contributed by atoms with Gasteiger partial charge < -0.3 is 5.32 Å². The molecule has 1 amide bonds. The summed E-state index contributed by atoms with van der Waals surface area (Å²) in [5, 5.41) is 2.94. The first-order valence-electron chi connectivity index (χ1n) is 7.58. The predicted molar refractivity (Wildman–Crippen MR) is 105 cm³/mol. The fraction of sp³-hybridized carbons (Fsp3) is 0.111. The highest BCUT2D eigenvalue weighted by Gasteiger charge is 2.16. The summed E-state index contributed by atoms with van der Waals surface area (Å²) in [4.78, 5) is 18.4. The molecular weight excluding hydrogens is 392 g/mol. The van der Waals surface area contributed by atoms with E-state index in [0.29, 0.717) is 10.6 Å². The standard InChI is InChI=1S/C18H15ClN2O3S2/c1-11-15(16-5-3-4-6-20-16)10-17(25-11)18(22)21-13-7-12(19)8-14(9-13)26(2,23)24/h3-10H,1-2H3,(H,21,22). The Hall–Kier alpha value is -2.22. The molecule has 0 aliphatic heterocycles. The van der Waals surface area contributed by atoms with Crippen molar-refractivity contribution in [3.8, 4) is 11.3 Å². The van der Waals surface area contributed by atoms with E-state index in [9.17, 15) is 13.2 Å². The van der Waals surface area contributed by atoms with Crippen LogP contribution in [0.4, 0.5) is 5.69 Å². The number of carbonyl (C=O) groups excluding carboxylic acids is 1. The first-order valence-corrected chi connectivity index (χ1v) is 10.7. The van der Waals surface area contributed by atoms with Crippen molar-refractivity contribution in [2.45, 2.75) is 11.8 Å². The van der Waals surface area contributed by atoms with E-state index >= 15 is 0 Å². The van der Waals surface area contributed by atoms with Gasteiger partial charge in [0.25, 0.3) is 5.91 Å². The number of benzene rings is 1. The van der Waals surface area contributed by atoms with Crippen molar-refractivity contribution in [2.75, 3.05) is 11.6 Å². The van der Waals surface area contributed by atoms with E-state index in [0.717, 1.165) is 22.4 Å². The predicted octanol–water partition coefficient (Wildman–Crippen LogP) is 4.43. The van der Waals surface area contributed by atoms with Gasteiger partial charge in [0.05, 0.1) is 15.5 Å². The molecule has 0 aliphatic rings. The van der Waals surface area contributed by atoms with Crippen LogP contribution in [0, 0.1) is 6.92 Å². The molecule has 0 saturated carbocycles. The highest BCUT2D eigenvalue weighted by molar-refractivity contribution is 7.90. The summed E-state index contributed by atoms with van der Waals surface area (Å²) in [5.41, 5.74) is 2.01. The third-order valence-corrected chi connectivity index (χ3v) is 6.00. The van der Waals surface area contributed by atoms with E-state index in [1.165, 1.54) is 29.5 Å². The number of aromatic nitrogens is 1. The Morgan fingerprint density at radius 1 is 1.19 bits per heavy atom. The lowest BCUT2D eigenvalue weighted by atomic mass is 10.1. The van der Waals surface area contributed by atoms with Gasteiger partial charge in [0.15, 0.2) is 9.84 Å². The van der Waals surface area contributed by atoms with Crippen LogP contribution < -0.4 is 5.32 Å². The number of pyridine rings is 1. The van der Waals surface area contributed by atoms with E-state index in [1.54, 1.807) is 12.3 Å². The quantitative estimate of drug-likeness (QED) is 0.695. The average Bonchev–Trinajstić information content (AvgIpc) is 2.96. The maximum absolute atomic E-state index is 12.6. The Morgan fingerprint density at radius 2 is 1.96 bits per heavy atom. The van der Waals surface area contributed by atoms with Crippen LogP contribution in [0.3, 0.4) is 0 Å². The van der Waals surface area contributed by atoms with Crippen LogP contribution in [0.1, 0.15) is 14.5 Å². The largest absolute Gasteiger partial charge is 0.321 e. The topological polar surface area (TPSA) is 76.1 Å². The normalized spacial score (nSPS) is 11.3. The summed E-state index contributed by atoms with van der Waals surface area (Å²) in [7, 11) is -3.43. The number of amides is 1. The summed E-state index contributed by atoms with van der Waals surface area (Å²) in [6.07, 6.45) is 2.79. The molecule has 0 atom stereocenters. The number of hydrogen-bond acceptors (Lipinski definition) is 5. The van der Waals surface area contributed by atoms with Crippen molar-refractivity contribution >= 4 is 44.4 Å². The Morgan fingerprint density at radius 3 is 2.62 bits per heavy atom. The van der Waals surface area contributed by atoms with Crippen LogP contribution in [0.2, 0.25) is 5.02 Å². The molecule has 1 N–H and O–H groups in total. The Labute approximate surface area is 160 Å². The van der Waals surface area contributed by atoms with Crippen molar-refractivity contribution in [1.29, 1.82) is 0 Å². The second-order valence-corrected chi connectivity index (χ2v) is 9.41. The third kappa shape index (κ3) is 4.12. The maximum Gasteiger partial charge on any atom is 0.265 e. The second kappa shape index (κ2) is 7.19. The Balaban J connectivity index is 1.89. The van der Waals surface area contributed by atoms with Gasteiger partial charge in [-0.05, 0) is 43.3 Å². The molecule has 0 unspecified atom stereocenters. The summed E-state index contributed by atoms with van der Waals surface area (Å²) in [6, 6.07) is 11.6.